The first-order valence-electron chi connectivity index (χ1n) is 6.49. The summed E-state index contributed by atoms with van der Waals surface area (Å²) >= 11 is 0. The van der Waals surface area contributed by atoms with Crippen LogP contribution in [-0.4, -0.2) is 12.0 Å². The lowest BCUT2D eigenvalue weighted by Gasteiger charge is -2.22. The zero-order valence-electron chi connectivity index (χ0n) is 11.9. The molecule has 0 atom stereocenters. The van der Waals surface area contributed by atoms with E-state index in [-0.39, 0.29) is 5.82 Å². The molecule has 0 spiro atoms. The number of nitrogens with two attached hydrogens (primary N) is 1. The van der Waals surface area contributed by atoms with Crippen LogP contribution in [0.2, 0.25) is 0 Å². The number of aromatic amines is 1. The number of H-pyrrole nitrogens is 1. The largest absolute Gasteiger partial charge is 0.385 e. The molecule has 0 fully saturated rings. The molecular formula is C17H18FN3. The van der Waals surface area contributed by atoms with Gasteiger partial charge in [-0.1, -0.05) is 19.2 Å². The summed E-state index contributed by atoms with van der Waals surface area (Å²) in [5, 5.41) is 0. The van der Waals surface area contributed by atoms with Crippen molar-refractivity contribution in [3.8, 4) is 0 Å². The maximum atomic E-state index is 13.0. The summed E-state index contributed by atoms with van der Waals surface area (Å²) in [5.74, 6) is 0.214. The average Bonchev–Trinajstić information content (AvgIpc) is 3.02. The SMILES string of the molecule is C=C/C(C(=C)c1ccc[nH]1)=C(/N)N(C)c1ccc(F)cc1. The Morgan fingerprint density at radius 3 is 2.48 bits per heavy atom. The van der Waals surface area contributed by atoms with Crippen molar-refractivity contribution < 1.29 is 4.39 Å². The van der Waals surface area contributed by atoms with Gasteiger partial charge < -0.3 is 15.6 Å². The van der Waals surface area contributed by atoms with E-state index in [1.165, 1.54) is 12.1 Å². The van der Waals surface area contributed by atoms with E-state index in [2.05, 4.69) is 18.1 Å². The van der Waals surface area contributed by atoms with Crippen LogP contribution >= 0.6 is 0 Å². The summed E-state index contributed by atoms with van der Waals surface area (Å²) in [6.45, 7) is 7.86. The van der Waals surface area contributed by atoms with Crippen LogP contribution in [0.25, 0.3) is 5.57 Å². The molecule has 0 bridgehead atoms. The highest BCUT2D eigenvalue weighted by Gasteiger charge is 2.12. The molecule has 3 N–H and O–H groups in total. The molecule has 0 unspecified atom stereocenters. The van der Waals surface area contributed by atoms with E-state index in [1.807, 2.05) is 25.4 Å². The predicted molar refractivity (Wildman–Crippen MR) is 86.0 cm³/mol. The smallest absolute Gasteiger partial charge is 0.123 e. The lowest BCUT2D eigenvalue weighted by molar-refractivity contribution is 0.628. The van der Waals surface area contributed by atoms with E-state index in [4.69, 9.17) is 5.73 Å². The molecule has 0 radical (unpaired) electrons. The normalized spacial score (nSPS) is 11.7. The Kier molecular flexibility index (Phi) is 4.28. The van der Waals surface area contributed by atoms with Crippen LogP contribution in [0.5, 0.6) is 0 Å². The van der Waals surface area contributed by atoms with E-state index in [0.717, 1.165) is 22.5 Å². The molecule has 1 heterocycles. The summed E-state index contributed by atoms with van der Waals surface area (Å²) < 4.78 is 13.0. The van der Waals surface area contributed by atoms with Crippen molar-refractivity contribution in [2.75, 3.05) is 11.9 Å². The zero-order valence-corrected chi connectivity index (χ0v) is 11.9. The minimum absolute atomic E-state index is 0.283. The minimum Gasteiger partial charge on any atom is -0.385 e. The summed E-state index contributed by atoms with van der Waals surface area (Å²) in [7, 11) is 1.81. The number of halogens is 1. The number of aromatic nitrogens is 1. The molecule has 0 aliphatic rings. The molecule has 1 aromatic carbocycles. The van der Waals surface area contributed by atoms with Crippen molar-refractivity contribution in [1.82, 2.24) is 4.98 Å². The standard InChI is InChI=1S/C17H18FN3/c1-4-15(12(2)16-6-5-11-20-16)17(19)21(3)14-9-7-13(18)8-10-14/h4-11,20H,1-2,19H2,3H3/b17-15+. The van der Waals surface area contributed by atoms with Crippen LogP contribution in [0.15, 0.2) is 73.2 Å². The van der Waals surface area contributed by atoms with Gasteiger partial charge in [0.1, 0.15) is 11.6 Å². The second-order valence-corrected chi connectivity index (χ2v) is 4.60. The Hall–Kier alpha value is -2.75. The molecule has 21 heavy (non-hydrogen) atoms. The van der Waals surface area contributed by atoms with Crippen molar-refractivity contribution in [1.29, 1.82) is 0 Å². The Labute approximate surface area is 123 Å². The molecule has 108 valence electrons. The van der Waals surface area contributed by atoms with Crippen LogP contribution < -0.4 is 10.6 Å². The Morgan fingerprint density at radius 1 is 1.29 bits per heavy atom. The molecular weight excluding hydrogens is 265 g/mol. The molecule has 3 nitrogen and oxygen atoms in total. The Morgan fingerprint density at radius 2 is 1.95 bits per heavy atom. The number of hydrogen-bond acceptors (Lipinski definition) is 2. The van der Waals surface area contributed by atoms with Crippen molar-refractivity contribution in [2.45, 2.75) is 0 Å². The van der Waals surface area contributed by atoms with Crippen molar-refractivity contribution in [3.05, 3.63) is 84.7 Å². The van der Waals surface area contributed by atoms with E-state index < -0.39 is 0 Å². The molecule has 2 aromatic rings. The van der Waals surface area contributed by atoms with Gasteiger partial charge in [0.15, 0.2) is 0 Å². The van der Waals surface area contributed by atoms with Gasteiger partial charge in [0.05, 0.1) is 0 Å². The van der Waals surface area contributed by atoms with Crippen molar-refractivity contribution >= 4 is 11.3 Å². The van der Waals surface area contributed by atoms with Gasteiger partial charge in [-0.3, -0.25) is 0 Å². The van der Waals surface area contributed by atoms with Gasteiger partial charge >= 0.3 is 0 Å². The number of rotatable bonds is 5. The first-order chi connectivity index (χ1) is 10.0. The van der Waals surface area contributed by atoms with Gasteiger partial charge in [-0.2, -0.15) is 0 Å². The number of anilines is 1. The quantitative estimate of drug-likeness (QED) is 0.823. The number of nitrogens with one attached hydrogen (secondary N) is 1. The highest BCUT2D eigenvalue weighted by molar-refractivity contribution is 5.80. The van der Waals surface area contributed by atoms with Gasteiger partial charge in [0, 0.05) is 35.8 Å². The maximum Gasteiger partial charge on any atom is 0.123 e. The first kappa shape index (κ1) is 14.7. The maximum absolute atomic E-state index is 13.0. The van der Waals surface area contributed by atoms with Crippen LogP contribution in [0.3, 0.4) is 0 Å². The fourth-order valence-electron chi connectivity index (χ4n) is 2.03. The fraction of sp³-hybridized carbons (Fsp3) is 0.0588. The predicted octanol–water partition coefficient (Wildman–Crippen LogP) is 3.66. The van der Waals surface area contributed by atoms with Crippen molar-refractivity contribution in [3.63, 3.8) is 0 Å². The topological polar surface area (TPSA) is 45.1 Å². The number of benzene rings is 1. The highest BCUT2D eigenvalue weighted by atomic mass is 19.1. The van der Waals surface area contributed by atoms with E-state index in [0.29, 0.717) is 5.82 Å². The van der Waals surface area contributed by atoms with Crippen LogP contribution in [0, 0.1) is 5.82 Å². The third kappa shape index (κ3) is 3.05. The molecule has 0 saturated heterocycles. The third-order valence-electron chi connectivity index (χ3n) is 3.30. The fourth-order valence-corrected chi connectivity index (χ4v) is 2.03. The van der Waals surface area contributed by atoms with E-state index in [1.54, 1.807) is 23.1 Å². The molecule has 1 aromatic heterocycles. The minimum atomic E-state index is -0.283. The van der Waals surface area contributed by atoms with Crippen LogP contribution in [0.1, 0.15) is 5.69 Å². The summed E-state index contributed by atoms with van der Waals surface area (Å²) in [6.07, 6.45) is 3.49. The number of hydrogen-bond donors (Lipinski definition) is 2. The first-order valence-corrected chi connectivity index (χ1v) is 6.49. The Bertz CT molecular complexity index is 667. The lowest BCUT2D eigenvalue weighted by Crippen LogP contribution is -2.24. The van der Waals surface area contributed by atoms with E-state index in [9.17, 15) is 4.39 Å². The summed E-state index contributed by atoms with van der Waals surface area (Å²) in [5.41, 5.74) is 9.35. The zero-order chi connectivity index (χ0) is 15.4. The second kappa shape index (κ2) is 6.13. The monoisotopic (exact) mass is 283 g/mol. The summed E-state index contributed by atoms with van der Waals surface area (Å²) in [6, 6.07) is 9.93. The molecule has 0 saturated carbocycles. The van der Waals surface area contributed by atoms with Gasteiger partial charge in [-0.15, -0.1) is 0 Å². The summed E-state index contributed by atoms with van der Waals surface area (Å²) in [4.78, 5) is 4.86. The highest BCUT2D eigenvalue weighted by Crippen LogP contribution is 2.25. The molecule has 2 rings (SSSR count). The van der Waals surface area contributed by atoms with Gasteiger partial charge in [0.25, 0.3) is 0 Å². The van der Waals surface area contributed by atoms with Gasteiger partial charge in [-0.25, -0.2) is 4.39 Å². The lowest BCUT2D eigenvalue weighted by atomic mass is 10.0. The number of allylic oxidation sites excluding steroid dienone is 3. The number of nitrogens with zero attached hydrogens (tertiary/aromatic N) is 1. The van der Waals surface area contributed by atoms with Crippen molar-refractivity contribution in [2.24, 2.45) is 5.73 Å². The van der Waals surface area contributed by atoms with E-state index >= 15 is 0 Å². The molecule has 4 heteroatoms. The molecule has 0 amide bonds. The molecule has 0 aliphatic carbocycles. The van der Waals surface area contributed by atoms with Crippen LogP contribution in [-0.2, 0) is 0 Å². The average molecular weight is 283 g/mol. The third-order valence-corrected chi connectivity index (χ3v) is 3.30. The Balaban J connectivity index is 2.37. The van der Waals surface area contributed by atoms with Crippen LogP contribution in [0.4, 0.5) is 10.1 Å². The van der Waals surface area contributed by atoms with Gasteiger partial charge in [0.2, 0.25) is 0 Å². The van der Waals surface area contributed by atoms with Gasteiger partial charge in [-0.05, 0) is 36.4 Å². The molecule has 0 aliphatic heterocycles. The second-order valence-electron chi connectivity index (χ2n) is 4.60.